The molecule has 0 bridgehead atoms. The van der Waals surface area contributed by atoms with E-state index in [-0.39, 0.29) is 5.82 Å². The molecule has 0 atom stereocenters. The highest BCUT2D eigenvalue weighted by atomic mass is 19.1. The average Bonchev–Trinajstić information content (AvgIpc) is 2.63. The molecule has 1 aliphatic heterocycles. The van der Waals surface area contributed by atoms with Crippen LogP contribution in [0.25, 0.3) is 11.1 Å². The van der Waals surface area contributed by atoms with E-state index in [0.29, 0.717) is 0 Å². The van der Waals surface area contributed by atoms with E-state index in [4.69, 9.17) is 0 Å². The Morgan fingerprint density at radius 1 is 1.17 bits per heavy atom. The highest BCUT2D eigenvalue weighted by Gasteiger charge is 2.05. The quantitative estimate of drug-likeness (QED) is 0.870. The Labute approximate surface area is 142 Å². The summed E-state index contributed by atoms with van der Waals surface area (Å²) < 4.78 is 13.1. The van der Waals surface area contributed by atoms with Crippen molar-refractivity contribution in [2.75, 3.05) is 25.5 Å². The maximum atomic E-state index is 13.1. The van der Waals surface area contributed by atoms with Crippen molar-refractivity contribution >= 4 is 12.1 Å². The molecular formula is C19H24FN3O. The minimum atomic E-state index is -0.313. The van der Waals surface area contributed by atoms with Crippen LogP contribution in [-0.2, 0) is 4.79 Å². The smallest absolute Gasteiger partial charge is 0.209 e. The molecule has 1 saturated heterocycles. The van der Waals surface area contributed by atoms with Gasteiger partial charge in [-0.15, -0.1) is 0 Å². The number of pyridine rings is 1. The zero-order valence-electron chi connectivity index (χ0n) is 14.3. The molecule has 24 heavy (non-hydrogen) atoms. The lowest BCUT2D eigenvalue weighted by Gasteiger charge is -2.21. The van der Waals surface area contributed by atoms with Crippen molar-refractivity contribution in [2.45, 2.75) is 26.2 Å². The van der Waals surface area contributed by atoms with Gasteiger partial charge in [-0.05, 0) is 55.5 Å². The summed E-state index contributed by atoms with van der Waals surface area (Å²) in [5.41, 5.74) is 3.91. The molecule has 0 saturated carbocycles. The van der Waals surface area contributed by atoms with E-state index in [0.717, 1.165) is 41.9 Å². The monoisotopic (exact) mass is 329 g/mol. The Morgan fingerprint density at radius 2 is 1.92 bits per heavy atom. The normalized spacial score (nSPS) is 13.7. The van der Waals surface area contributed by atoms with Crippen LogP contribution in [0, 0.1) is 12.7 Å². The molecule has 5 heteroatoms. The third kappa shape index (κ3) is 5.05. The van der Waals surface area contributed by atoms with Gasteiger partial charge < -0.3 is 10.2 Å². The molecule has 0 radical (unpaired) electrons. The molecule has 0 aliphatic carbocycles. The average molecular weight is 329 g/mol. The number of aryl methyl sites for hydroxylation is 1. The van der Waals surface area contributed by atoms with Gasteiger partial charge in [0.1, 0.15) is 5.82 Å². The summed E-state index contributed by atoms with van der Waals surface area (Å²) in [6.07, 6.45) is 7.51. The molecular weight excluding hydrogens is 305 g/mol. The predicted molar refractivity (Wildman–Crippen MR) is 95.4 cm³/mol. The third-order valence-electron chi connectivity index (χ3n) is 4.08. The Bertz CT molecular complexity index is 669. The fraction of sp³-hybridized carbons (Fsp3) is 0.368. The molecule has 1 fully saturated rings. The van der Waals surface area contributed by atoms with Gasteiger partial charge in [0, 0.05) is 37.6 Å². The summed E-state index contributed by atoms with van der Waals surface area (Å²) in [5.74, 6) is -0.313. The molecule has 3 rings (SSSR count). The van der Waals surface area contributed by atoms with Crippen molar-refractivity contribution in [1.82, 2.24) is 9.88 Å². The number of nitrogens with zero attached hydrogens (tertiary/aromatic N) is 2. The Kier molecular flexibility index (Phi) is 6.73. The second-order valence-corrected chi connectivity index (χ2v) is 5.87. The maximum Gasteiger partial charge on any atom is 0.209 e. The number of halogens is 1. The highest BCUT2D eigenvalue weighted by Crippen LogP contribution is 2.26. The summed E-state index contributed by atoms with van der Waals surface area (Å²) >= 11 is 0. The fourth-order valence-electron chi connectivity index (χ4n) is 2.67. The van der Waals surface area contributed by atoms with Crippen molar-refractivity contribution in [3.8, 4) is 11.1 Å². The summed E-state index contributed by atoms with van der Waals surface area (Å²) in [5, 5.41) is 3.06. The molecule has 0 spiro atoms. The number of nitrogens with one attached hydrogen (secondary N) is 1. The van der Waals surface area contributed by atoms with E-state index < -0.39 is 0 Å². The van der Waals surface area contributed by atoms with Gasteiger partial charge in [0.25, 0.3) is 0 Å². The number of carbonyl (C=O) groups is 1. The van der Waals surface area contributed by atoms with Crippen LogP contribution in [0.1, 0.15) is 24.8 Å². The van der Waals surface area contributed by atoms with Gasteiger partial charge in [0.15, 0.2) is 0 Å². The largest absolute Gasteiger partial charge is 0.388 e. The molecule has 1 N–H and O–H groups in total. The first-order valence-corrected chi connectivity index (χ1v) is 8.22. The van der Waals surface area contributed by atoms with Crippen LogP contribution in [-0.4, -0.2) is 36.4 Å². The van der Waals surface area contributed by atoms with Crippen LogP contribution < -0.4 is 5.32 Å². The molecule has 128 valence electrons. The fourth-order valence-corrected chi connectivity index (χ4v) is 2.67. The maximum absolute atomic E-state index is 13.1. The molecule has 1 aromatic heterocycles. The van der Waals surface area contributed by atoms with Gasteiger partial charge >= 0.3 is 0 Å². The number of hydrogen-bond donors (Lipinski definition) is 1. The number of benzene rings is 1. The lowest BCUT2D eigenvalue weighted by Crippen LogP contribution is -2.27. The lowest BCUT2D eigenvalue weighted by atomic mass is 10.0. The first kappa shape index (κ1) is 17.9. The number of anilines is 1. The minimum Gasteiger partial charge on any atom is -0.388 e. The molecule has 1 aromatic carbocycles. The van der Waals surface area contributed by atoms with Crippen molar-refractivity contribution in [2.24, 2.45) is 0 Å². The number of likely N-dealkylation sites (tertiary alicyclic amines) is 1. The van der Waals surface area contributed by atoms with Crippen molar-refractivity contribution in [1.29, 1.82) is 0 Å². The number of aromatic nitrogens is 1. The zero-order valence-corrected chi connectivity index (χ0v) is 14.3. The van der Waals surface area contributed by atoms with Gasteiger partial charge in [-0.2, -0.15) is 0 Å². The summed E-state index contributed by atoms with van der Waals surface area (Å²) in [7, 11) is 1.86. The van der Waals surface area contributed by atoms with Gasteiger partial charge in [-0.3, -0.25) is 9.78 Å². The third-order valence-corrected chi connectivity index (χ3v) is 4.08. The predicted octanol–water partition coefficient (Wildman–Crippen LogP) is 3.87. The van der Waals surface area contributed by atoms with E-state index in [9.17, 15) is 9.18 Å². The molecule has 4 nitrogen and oxygen atoms in total. The SMILES string of the molecule is CNc1ccc(C)c(-c2cncc(F)c2)c1.O=CN1CCCCC1. The van der Waals surface area contributed by atoms with Crippen molar-refractivity contribution in [3.63, 3.8) is 0 Å². The molecule has 1 aliphatic rings. The summed E-state index contributed by atoms with van der Waals surface area (Å²) in [4.78, 5) is 15.8. The van der Waals surface area contributed by atoms with E-state index in [2.05, 4.69) is 10.3 Å². The lowest BCUT2D eigenvalue weighted by molar-refractivity contribution is -0.118. The van der Waals surface area contributed by atoms with Crippen LogP contribution in [0.3, 0.4) is 0 Å². The van der Waals surface area contributed by atoms with Crippen molar-refractivity contribution < 1.29 is 9.18 Å². The molecule has 1 amide bonds. The zero-order chi connectivity index (χ0) is 17.4. The van der Waals surface area contributed by atoms with Crippen LogP contribution in [0.5, 0.6) is 0 Å². The van der Waals surface area contributed by atoms with E-state index in [1.165, 1.54) is 31.5 Å². The first-order chi connectivity index (χ1) is 11.6. The highest BCUT2D eigenvalue weighted by molar-refractivity contribution is 5.70. The molecule has 0 unspecified atom stereocenters. The topological polar surface area (TPSA) is 45.2 Å². The molecule has 2 aromatic rings. The first-order valence-electron chi connectivity index (χ1n) is 8.22. The van der Waals surface area contributed by atoms with Crippen LogP contribution in [0.15, 0.2) is 36.7 Å². The number of piperidine rings is 1. The minimum absolute atomic E-state index is 0.313. The van der Waals surface area contributed by atoms with E-state index >= 15 is 0 Å². The number of carbonyl (C=O) groups excluding carboxylic acids is 1. The Morgan fingerprint density at radius 3 is 2.50 bits per heavy atom. The van der Waals surface area contributed by atoms with E-state index in [1.807, 2.05) is 37.1 Å². The number of rotatable bonds is 3. The number of hydrogen-bond acceptors (Lipinski definition) is 3. The Hall–Kier alpha value is -2.43. The van der Waals surface area contributed by atoms with Crippen LogP contribution in [0.2, 0.25) is 0 Å². The second kappa shape index (κ2) is 9.01. The second-order valence-electron chi connectivity index (χ2n) is 5.87. The van der Waals surface area contributed by atoms with Gasteiger partial charge in [-0.1, -0.05) is 6.07 Å². The van der Waals surface area contributed by atoms with Crippen molar-refractivity contribution in [3.05, 3.63) is 48.0 Å². The Balaban J connectivity index is 0.000000219. The number of amides is 1. The van der Waals surface area contributed by atoms with Crippen LogP contribution >= 0.6 is 0 Å². The van der Waals surface area contributed by atoms with Gasteiger partial charge in [-0.25, -0.2) is 4.39 Å². The standard InChI is InChI=1S/C13H13FN2.C6H11NO/c1-9-3-4-12(15-2)6-13(9)10-5-11(14)8-16-7-10;8-6-7-4-2-1-3-5-7/h3-8,15H,1-2H3;6H,1-5H2. The summed E-state index contributed by atoms with van der Waals surface area (Å²) in [6, 6.07) is 7.48. The van der Waals surface area contributed by atoms with Gasteiger partial charge in [0.05, 0.1) is 6.20 Å². The van der Waals surface area contributed by atoms with E-state index in [1.54, 1.807) is 6.20 Å². The van der Waals surface area contributed by atoms with Gasteiger partial charge in [0.2, 0.25) is 6.41 Å². The summed E-state index contributed by atoms with van der Waals surface area (Å²) in [6.45, 7) is 3.95. The molecule has 2 heterocycles. The van der Waals surface area contributed by atoms with Crippen LogP contribution in [0.4, 0.5) is 10.1 Å².